The minimum atomic E-state index is -0.440. The number of aromatic amines is 1. The number of H-pyrrole nitrogens is 1. The number of anilines is 1. The lowest BCUT2D eigenvalue weighted by Crippen LogP contribution is -2.14. The molecule has 29 heavy (non-hydrogen) atoms. The van der Waals surface area contributed by atoms with E-state index in [9.17, 15) is 9.59 Å². The van der Waals surface area contributed by atoms with E-state index in [1.165, 1.54) is 11.7 Å². The molecule has 0 saturated heterocycles. The number of fused-ring (bicyclic) bond motifs is 1. The fourth-order valence-corrected chi connectivity index (χ4v) is 3.44. The third kappa shape index (κ3) is 4.54. The maximum atomic E-state index is 11.9. The van der Waals surface area contributed by atoms with Crippen molar-refractivity contribution in [3.8, 4) is 11.4 Å². The second kappa shape index (κ2) is 8.04. The third-order valence-corrected chi connectivity index (χ3v) is 4.92. The van der Waals surface area contributed by atoms with Gasteiger partial charge in [0.1, 0.15) is 5.02 Å². The predicted octanol–water partition coefficient (Wildman–Crippen LogP) is 4.22. The molecule has 0 aliphatic heterocycles. The first-order chi connectivity index (χ1) is 13.6. The van der Waals surface area contributed by atoms with E-state index in [-0.39, 0.29) is 24.2 Å². The second-order valence-electron chi connectivity index (χ2n) is 7.54. The summed E-state index contributed by atoms with van der Waals surface area (Å²) >= 11 is 12.8. The maximum Gasteiger partial charge on any atom is 0.306 e. The number of aromatic nitrogens is 4. The van der Waals surface area contributed by atoms with Crippen molar-refractivity contribution >= 4 is 46.4 Å². The minimum Gasteiger partial charge on any atom is -0.469 e. The molecule has 0 atom stereocenters. The zero-order chi connectivity index (χ0) is 21.3. The number of amides is 1. The van der Waals surface area contributed by atoms with Gasteiger partial charge in [-0.15, -0.1) is 9.73 Å². The van der Waals surface area contributed by atoms with Crippen LogP contribution in [0.3, 0.4) is 0 Å². The van der Waals surface area contributed by atoms with Crippen LogP contribution in [-0.2, 0) is 19.7 Å². The smallest absolute Gasteiger partial charge is 0.306 e. The van der Waals surface area contributed by atoms with Gasteiger partial charge in [0, 0.05) is 23.1 Å². The molecule has 0 bridgehead atoms. The van der Waals surface area contributed by atoms with E-state index < -0.39 is 5.97 Å². The molecule has 3 rings (SSSR count). The minimum absolute atomic E-state index is 0.0116. The average Bonchev–Trinajstić information content (AvgIpc) is 3.19. The highest BCUT2D eigenvalue weighted by atomic mass is 35.5. The molecule has 2 heterocycles. The summed E-state index contributed by atoms with van der Waals surface area (Å²) in [5, 5.41) is 12.5. The van der Waals surface area contributed by atoms with E-state index in [0.717, 1.165) is 5.69 Å². The number of benzene rings is 1. The first-order valence-corrected chi connectivity index (χ1v) is 9.67. The summed E-state index contributed by atoms with van der Waals surface area (Å²) < 4.78 is 5.98. The Morgan fingerprint density at radius 1 is 1.21 bits per heavy atom. The van der Waals surface area contributed by atoms with Gasteiger partial charge in [-0.2, -0.15) is 5.10 Å². The molecule has 1 amide bonds. The highest BCUT2D eigenvalue weighted by Crippen LogP contribution is 2.33. The normalized spacial score (nSPS) is 11.7. The van der Waals surface area contributed by atoms with Gasteiger partial charge in [-0.3, -0.25) is 9.59 Å². The van der Waals surface area contributed by atoms with Crippen molar-refractivity contribution < 1.29 is 14.3 Å². The molecule has 0 fully saturated rings. The molecule has 0 unspecified atom stereocenters. The van der Waals surface area contributed by atoms with Crippen molar-refractivity contribution in [1.82, 2.24) is 19.8 Å². The molecule has 0 radical (unpaired) electrons. The number of hydrogen-bond acceptors (Lipinski definition) is 5. The number of carbonyl (C=O) groups is 2. The van der Waals surface area contributed by atoms with E-state index in [2.05, 4.69) is 25.2 Å². The van der Waals surface area contributed by atoms with Crippen LogP contribution >= 0.6 is 23.2 Å². The summed E-state index contributed by atoms with van der Waals surface area (Å²) in [5.41, 5.74) is 2.27. The molecule has 1 aromatic carbocycles. The monoisotopic (exact) mass is 437 g/mol. The fourth-order valence-electron chi connectivity index (χ4n) is 2.72. The summed E-state index contributed by atoms with van der Waals surface area (Å²) in [7, 11) is 1.28. The summed E-state index contributed by atoms with van der Waals surface area (Å²) in [5.74, 6) is -0.245. The SMILES string of the molecule is COC(=O)CCC(=O)Nc1ccc(-c2nn3nc(C(C)(C)C)c(Cl)c3[nH]2)c(Cl)c1. The van der Waals surface area contributed by atoms with Gasteiger partial charge in [-0.1, -0.05) is 44.0 Å². The van der Waals surface area contributed by atoms with Crippen LogP contribution in [0.25, 0.3) is 17.0 Å². The van der Waals surface area contributed by atoms with Crippen molar-refractivity contribution in [3.05, 3.63) is 33.9 Å². The standard InChI is InChI=1S/C19H21Cl2N5O3/c1-19(2,3)16-15(21)18-23-17(25-26(18)24-16)11-6-5-10(9-12(11)20)22-13(27)7-8-14(28)29-4/h5-6,9H,7-8H2,1-4H3,(H,22,27)(H,23,25). The van der Waals surface area contributed by atoms with Crippen LogP contribution in [0.4, 0.5) is 5.69 Å². The molecule has 0 aliphatic carbocycles. The van der Waals surface area contributed by atoms with Crippen LogP contribution in [0.2, 0.25) is 10.0 Å². The topological polar surface area (TPSA) is 101 Å². The largest absolute Gasteiger partial charge is 0.469 e. The summed E-state index contributed by atoms with van der Waals surface area (Å²) in [6, 6.07) is 5.04. The van der Waals surface area contributed by atoms with Gasteiger partial charge in [-0.05, 0) is 18.2 Å². The van der Waals surface area contributed by atoms with Crippen LogP contribution in [-0.4, -0.2) is 38.8 Å². The molecule has 0 saturated carbocycles. The molecule has 0 spiro atoms. The summed E-state index contributed by atoms with van der Waals surface area (Å²) in [6.45, 7) is 6.07. The van der Waals surface area contributed by atoms with Crippen LogP contribution < -0.4 is 5.32 Å². The predicted molar refractivity (Wildman–Crippen MR) is 111 cm³/mol. The van der Waals surface area contributed by atoms with E-state index in [4.69, 9.17) is 23.2 Å². The van der Waals surface area contributed by atoms with E-state index >= 15 is 0 Å². The lowest BCUT2D eigenvalue weighted by Gasteiger charge is -2.14. The van der Waals surface area contributed by atoms with Crippen molar-refractivity contribution in [2.75, 3.05) is 12.4 Å². The highest BCUT2D eigenvalue weighted by Gasteiger charge is 2.25. The van der Waals surface area contributed by atoms with Crippen LogP contribution in [0, 0.1) is 0 Å². The van der Waals surface area contributed by atoms with E-state index in [1.54, 1.807) is 18.2 Å². The number of esters is 1. The Kier molecular flexibility index (Phi) is 5.86. The van der Waals surface area contributed by atoms with Crippen molar-refractivity contribution in [2.24, 2.45) is 0 Å². The average molecular weight is 438 g/mol. The summed E-state index contributed by atoms with van der Waals surface area (Å²) in [6.07, 6.45) is 0.0354. The molecular formula is C19H21Cl2N5O3. The van der Waals surface area contributed by atoms with Gasteiger partial charge in [0.15, 0.2) is 11.5 Å². The molecule has 3 aromatic rings. The molecule has 8 nitrogen and oxygen atoms in total. The Labute approximate surface area is 177 Å². The number of halogens is 2. The van der Waals surface area contributed by atoms with Gasteiger partial charge in [0.05, 0.1) is 24.2 Å². The number of hydrogen-bond donors (Lipinski definition) is 2. The van der Waals surface area contributed by atoms with Crippen LogP contribution in [0.15, 0.2) is 18.2 Å². The van der Waals surface area contributed by atoms with Crippen molar-refractivity contribution in [3.63, 3.8) is 0 Å². The van der Waals surface area contributed by atoms with Crippen LogP contribution in [0.5, 0.6) is 0 Å². The second-order valence-corrected chi connectivity index (χ2v) is 8.33. The Bertz CT molecular complexity index is 1080. The number of rotatable bonds is 5. The zero-order valence-electron chi connectivity index (χ0n) is 16.5. The molecule has 2 aromatic heterocycles. The first-order valence-electron chi connectivity index (χ1n) is 8.91. The number of ether oxygens (including phenoxy) is 1. The van der Waals surface area contributed by atoms with Gasteiger partial charge in [-0.25, -0.2) is 0 Å². The van der Waals surface area contributed by atoms with Gasteiger partial charge in [0.2, 0.25) is 5.91 Å². The van der Waals surface area contributed by atoms with E-state index in [0.29, 0.717) is 32.8 Å². The maximum absolute atomic E-state index is 11.9. The Hall–Kier alpha value is -2.58. The summed E-state index contributed by atoms with van der Waals surface area (Å²) in [4.78, 5) is 26.2. The molecule has 2 N–H and O–H groups in total. The zero-order valence-corrected chi connectivity index (χ0v) is 18.0. The quantitative estimate of drug-likeness (QED) is 0.581. The van der Waals surface area contributed by atoms with E-state index in [1.807, 2.05) is 20.8 Å². The number of carbonyl (C=O) groups excluding carboxylic acids is 2. The number of methoxy groups -OCH3 is 1. The highest BCUT2D eigenvalue weighted by molar-refractivity contribution is 6.34. The number of nitrogens with zero attached hydrogens (tertiary/aromatic N) is 3. The van der Waals surface area contributed by atoms with Gasteiger partial charge >= 0.3 is 5.97 Å². The lowest BCUT2D eigenvalue weighted by molar-refractivity contribution is -0.141. The molecule has 0 aliphatic rings. The molecular weight excluding hydrogens is 417 g/mol. The third-order valence-electron chi connectivity index (χ3n) is 4.24. The Morgan fingerprint density at radius 2 is 1.93 bits per heavy atom. The van der Waals surface area contributed by atoms with Crippen molar-refractivity contribution in [2.45, 2.75) is 39.0 Å². The molecule has 154 valence electrons. The lowest BCUT2D eigenvalue weighted by atomic mass is 9.92. The van der Waals surface area contributed by atoms with Gasteiger partial charge in [0.25, 0.3) is 0 Å². The Balaban J connectivity index is 1.80. The van der Waals surface area contributed by atoms with Gasteiger partial charge < -0.3 is 15.0 Å². The fraction of sp³-hybridized carbons (Fsp3) is 0.368. The number of nitrogens with one attached hydrogen (secondary N) is 2. The first kappa shape index (κ1) is 21.1. The molecule has 10 heteroatoms. The Morgan fingerprint density at radius 3 is 2.52 bits per heavy atom. The van der Waals surface area contributed by atoms with Crippen molar-refractivity contribution in [1.29, 1.82) is 0 Å². The van der Waals surface area contributed by atoms with Crippen LogP contribution in [0.1, 0.15) is 39.3 Å².